The Morgan fingerprint density at radius 3 is 2.07 bits per heavy atom. The fourth-order valence-corrected chi connectivity index (χ4v) is 2.57. The first-order valence-electron chi connectivity index (χ1n) is 8.62. The average molecular weight is 371 g/mol. The molecule has 144 valence electrons. The molecule has 0 saturated carbocycles. The van der Waals surface area contributed by atoms with Crippen molar-refractivity contribution in [3.05, 3.63) is 59.7 Å². The molecule has 0 aromatic heterocycles. The van der Waals surface area contributed by atoms with E-state index in [1.165, 1.54) is 4.90 Å². The van der Waals surface area contributed by atoms with Gasteiger partial charge < -0.3 is 19.1 Å². The third-order valence-corrected chi connectivity index (χ3v) is 4.05. The lowest BCUT2D eigenvalue weighted by molar-refractivity contribution is -0.159. The van der Waals surface area contributed by atoms with E-state index in [-0.39, 0.29) is 12.3 Å². The zero-order valence-corrected chi connectivity index (χ0v) is 16.1. The summed E-state index contributed by atoms with van der Waals surface area (Å²) in [5, 5.41) is 0. The number of esters is 1. The van der Waals surface area contributed by atoms with Crippen molar-refractivity contribution in [1.29, 1.82) is 0 Å². The predicted octanol–water partition coefficient (Wildman–Crippen LogP) is 3.01. The van der Waals surface area contributed by atoms with Crippen molar-refractivity contribution in [2.24, 2.45) is 0 Å². The van der Waals surface area contributed by atoms with Gasteiger partial charge >= 0.3 is 5.97 Å². The Bertz CT molecular complexity index is 751. The summed E-state index contributed by atoms with van der Waals surface area (Å²) < 4.78 is 16.0. The highest BCUT2D eigenvalue weighted by molar-refractivity contribution is 5.84. The number of carbonyl (C=O) groups excluding carboxylic acids is 2. The third-order valence-electron chi connectivity index (χ3n) is 4.05. The number of amides is 1. The molecule has 2 aromatic carbocycles. The minimum atomic E-state index is -0.950. The highest BCUT2D eigenvalue weighted by Gasteiger charge is 2.26. The van der Waals surface area contributed by atoms with Gasteiger partial charge in [0.1, 0.15) is 11.5 Å². The van der Waals surface area contributed by atoms with Gasteiger partial charge in [-0.05, 0) is 24.1 Å². The summed E-state index contributed by atoms with van der Waals surface area (Å²) in [5.74, 6) is 0.587. The second kappa shape index (κ2) is 9.62. The molecular weight excluding hydrogens is 346 g/mol. The van der Waals surface area contributed by atoms with Crippen molar-refractivity contribution >= 4 is 11.9 Å². The number of carbonyl (C=O) groups is 2. The summed E-state index contributed by atoms with van der Waals surface area (Å²) in [7, 11) is 6.41. The van der Waals surface area contributed by atoms with Crippen LogP contribution in [0, 0.1) is 0 Å². The Labute approximate surface area is 159 Å². The van der Waals surface area contributed by atoms with Crippen LogP contribution in [0.1, 0.15) is 23.7 Å². The summed E-state index contributed by atoms with van der Waals surface area (Å²) in [4.78, 5) is 26.2. The number of hydrogen-bond donors (Lipinski definition) is 0. The van der Waals surface area contributed by atoms with Crippen LogP contribution in [0.4, 0.5) is 0 Å². The van der Waals surface area contributed by atoms with E-state index in [0.717, 1.165) is 5.56 Å². The number of likely N-dealkylation sites (N-methyl/N-ethyl adjacent to an activating group) is 1. The molecule has 2 aromatic rings. The van der Waals surface area contributed by atoms with E-state index >= 15 is 0 Å². The highest BCUT2D eigenvalue weighted by Crippen LogP contribution is 2.24. The normalized spacial score (nSPS) is 11.4. The maximum Gasteiger partial charge on any atom is 0.307 e. The van der Waals surface area contributed by atoms with E-state index in [0.29, 0.717) is 23.5 Å². The van der Waals surface area contributed by atoms with E-state index in [1.807, 2.05) is 30.3 Å². The van der Waals surface area contributed by atoms with Crippen LogP contribution >= 0.6 is 0 Å². The quantitative estimate of drug-likeness (QED) is 0.668. The van der Waals surface area contributed by atoms with E-state index in [4.69, 9.17) is 14.2 Å². The van der Waals surface area contributed by atoms with Crippen LogP contribution in [0.15, 0.2) is 48.5 Å². The lowest BCUT2D eigenvalue weighted by Crippen LogP contribution is -2.31. The van der Waals surface area contributed by atoms with Crippen LogP contribution in [0.3, 0.4) is 0 Å². The number of methoxy groups -OCH3 is 2. The SMILES string of the molecule is COc1cc(CCC(=O)OC(C(=O)N(C)C)c2ccccc2)cc(OC)c1. The fourth-order valence-electron chi connectivity index (χ4n) is 2.57. The van der Waals surface area contributed by atoms with Crippen LogP contribution in [0.2, 0.25) is 0 Å². The van der Waals surface area contributed by atoms with Crippen molar-refractivity contribution < 1.29 is 23.8 Å². The van der Waals surface area contributed by atoms with Crippen molar-refractivity contribution in [2.45, 2.75) is 18.9 Å². The molecule has 2 rings (SSSR count). The molecule has 0 aliphatic rings. The van der Waals surface area contributed by atoms with Gasteiger partial charge in [-0.1, -0.05) is 30.3 Å². The number of rotatable bonds is 8. The summed E-state index contributed by atoms with van der Waals surface area (Å²) in [5.41, 5.74) is 1.53. The molecule has 1 unspecified atom stereocenters. The van der Waals surface area contributed by atoms with E-state index in [2.05, 4.69) is 0 Å². The van der Waals surface area contributed by atoms with Crippen LogP contribution < -0.4 is 9.47 Å². The highest BCUT2D eigenvalue weighted by atomic mass is 16.5. The van der Waals surface area contributed by atoms with E-state index < -0.39 is 12.1 Å². The summed E-state index contributed by atoms with van der Waals surface area (Å²) >= 11 is 0. The average Bonchev–Trinajstić information content (AvgIpc) is 2.70. The minimum Gasteiger partial charge on any atom is -0.497 e. The molecule has 27 heavy (non-hydrogen) atoms. The van der Waals surface area contributed by atoms with Gasteiger partial charge in [0, 0.05) is 32.1 Å². The summed E-state index contributed by atoms with van der Waals surface area (Å²) in [6.45, 7) is 0. The molecule has 6 nitrogen and oxygen atoms in total. The second-order valence-corrected chi connectivity index (χ2v) is 6.23. The van der Waals surface area contributed by atoms with Gasteiger partial charge in [-0.25, -0.2) is 0 Å². The lowest BCUT2D eigenvalue weighted by atomic mass is 10.1. The second-order valence-electron chi connectivity index (χ2n) is 6.23. The topological polar surface area (TPSA) is 65.1 Å². The maximum absolute atomic E-state index is 12.4. The Kier molecular flexibility index (Phi) is 7.23. The molecule has 1 atom stereocenters. The number of benzene rings is 2. The Morgan fingerprint density at radius 2 is 1.56 bits per heavy atom. The molecule has 0 N–H and O–H groups in total. The van der Waals surface area contributed by atoms with Crippen molar-refractivity contribution in [2.75, 3.05) is 28.3 Å². The zero-order chi connectivity index (χ0) is 19.8. The van der Waals surface area contributed by atoms with Crippen LogP contribution in [0.25, 0.3) is 0 Å². The Hall–Kier alpha value is -3.02. The summed E-state index contributed by atoms with van der Waals surface area (Å²) in [6, 6.07) is 14.5. The van der Waals surface area contributed by atoms with E-state index in [1.54, 1.807) is 46.5 Å². The van der Waals surface area contributed by atoms with Gasteiger partial charge in [0.15, 0.2) is 0 Å². The maximum atomic E-state index is 12.4. The van der Waals surface area contributed by atoms with Gasteiger partial charge in [-0.15, -0.1) is 0 Å². The zero-order valence-electron chi connectivity index (χ0n) is 16.1. The molecule has 1 amide bonds. The van der Waals surface area contributed by atoms with Crippen molar-refractivity contribution in [1.82, 2.24) is 4.90 Å². The Balaban J connectivity index is 2.07. The third kappa shape index (κ3) is 5.74. The van der Waals surface area contributed by atoms with Gasteiger partial charge in [-0.3, -0.25) is 9.59 Å². The van der Waals surface area contributed by atoms with Gasteiger partial charge in [-0.2, -0.15) is 0 Å². The standard InChI is InChI=1S/C21H25NO5/c1-22(2)21(24)20(16-8-6-5-7-9-16)27-19(23)11-10-15-12-17(25-3)14-18(13-15)26-4/h5-9,12-14,20H,10-11H2,1-4H3. The first-order chi connectivity index (χ1) is 12.9. The van der Waals surface area contributed by atoms with Crippen molar-refractivity contribution in [3.8, 4) is 11.5 Å². The number of ether oxygens (including phenoxy) is 3. The first-order valence-corrected chi connectivity index (χ1v) is 8.62. The van der Waals surface area contributed by atoms with Gasteiger partial charge in [0.2, 0.25) is 6.10 Å². The van der Waals surface area contributed by atoms with Gasteiger partial charge in [0.25, 0.3) is 5.91 Å². The summed E-state index contributed by atoms with van der Waals surface area (Å²) in [6.07, 6.45) is -0.363. The van der Waals surface area contributed by atoms with E-state index in [9.17, 15) is 9.59 Å². The Morgan fingerprint density at radius 1 is 0.963 bits per heavy atom. The first kappa shape index (κ1) is 20.3. The predicted molar refractivity (Wildman–Crippen MR) is 102 cm³/mol. The molecule has 6 heteroatoms. The molecule has 0 radical (unpaired) electrons. The van der Waals surface area contributed by atoms with Crippen LogP contribution in [-0.2, 0) is 20.7 Å². The molecule has 0 heterocycles. The minimum absolute atomic E-state index is 0.139. The number of aryl methyl sites for hydroxylation is 1. The molecule has 0 bridgehead atoms. The van der Waals surface area contributed by atoms with Crippen molar-refractivity contribution in [3.63, 3.8) is 0 Å². The molecule has 0 aliphatic carbocycles. The smallest absolute Gasteiger partial charge is 0.307 e. The fraction of sp³-hybridized carbons (Fsp3) is 0.333. The molecule has 0 aliphatic heterocycles. The molecule has 0 saturated heterocycles. The molecule has 0 fully saturated rings. The van der Waals surface area contributed by atoms with Crippen LogP contribution in [0.5, 0.6) is 11.5 Å². The monoisotopic (exact) mass is 371 g/mol. The number of nitrogens with zero attached hydrogens (tertiary/aromatic N) is 1. The van der Waals surface area contributed by atoms with Crippen LogP contribution in [-0.4, -0.2) is 45.1 Å². The van der Waals surface area contributed by atoms with Gasteiger partial charge in [0.05, 0.1) is 14.2 Å². The lowest BCUT2D eigenvalue weighted by Gasteiger charge is -2.21. The molecule has 0 spiro atoms. The molecular formula is C21H25NO5. The largest absolute Gasteiger partial charge is 0.497 e. The number of hydrogen-bond acceptors (Lipinski definition) is 5.